The van der Waals surface area contributed by atoms with Crippen LogP contribution in [0.5, 0.6) is 0 Å². The van der Waals surface area contributed by atoms with E-state index in [0.717, 1.165) is 36.1 Å². The summed E-state index contributed by atoms with van der Waals surface area (Å²) in [6.07, 6.45) is 5.26. The molecule has 28 heavy (non-hydrogen) atoms. The zero-order valence-electron chi connectivity index (χ0n) is 16.1. The molecule has 0 saturated carbocycles. The maximum absolute atomic E-state index is 12.3. The quantitative estimate of drug-likeness (QED) is 0.769. The number of hydrogen-bond donors (Lipinski definition) is 2. The highest BCUT2D eigenvalue weighted by Crippen LogP contribution is 2.28. The Morgan fingerprint density at radius 2 is 1.79 bits per heavy atom. The van der Waals surface area contributed by atoms with Crippen LogP contribution >= 0.6 is 11.3 Å². The van der Waals surface area contributed by atoms with Gasteiger partial charge in [0.05, 0.1) is 10.2 Å². The second-order valence-corrected chi connectivity index (χ2v) is 7.98. The number of anilines is 2. The smallest absolute Gasteiger partial charge is 0.225 e. The summed E-state index contributed by atoms with van der Waals surface area (Å²) < 4.78 is 0.879. The summed E-state index contributed by atoms with van der Waals surface area (Å²) in [5.41, 5.74) is 1.43. The standard InChI is InChI=1S/C20H26N4O3S/c1-2-17(25)23-20-22-15-8-7-14(13-16(15)28-20)21-18(26)9-10-19(27)24-11-5-3-4-6-12-24/h7-8,13H,2-6,9-12H2,1H3,(H,21,26)(H,22,23,25). The molecule has 0 unspecified atom stereocenters. The van der Waals surface area contributed by atoms with Gasteiger partial charge in [-0.1, -0.05) is 31.1 Å². The number of nitrogens with one attached hydrogen (secondary N) is 2. The van der Waals surface area contributed by atoms with Crippen LogP contribution in [-0.2, 0) is 14.4 Å². The lowest BCUT2D eigenvalue weighted by atomic mass is 10.2. The summed E-state index contributed by atoms with van der Waals surface area (Å²) in [6.45, 7) is 3.40. The molecule has 0 bridgehead atoms. The molecule has 0 aliphatic carbocycles. The molecule has 1 aliphatic heterocycles. The minimum absolute atomic E-state index is 0.0614. The number of likely N-dealkylation sites (tertiary alicyclic amines) is 1. The van der Waals surface area contributed by atoms with E-state index in [1.807, 2.05) is 17.0 Å². The van der Waals surface area contributed by atoms with E-state index in [9.17, 15) is 14.4 Å². The van der Waals surface area contributed by atoms with E-state index >= 15 is 0 Å². The van der Waals surface area contributed by atoms with Gasteiger partial charge in [-0.05, 0) is 31.0 Å². The SMILES string of the molecule is CCC(=O)Nc1nc2ccc(NC(=O)CCC(=O)N3CCCCCC3)cc2s1. The van der Waals surface area contributed by atoms with Crippen molar-refractivity contribution in [3.8, 4) is 0 Å². The fourth-order valence-corrected chi connectivity index (χ4v) is 4.11. The first-order valence-electron chi connectivity index (χ1n) is 9.83. The van der Waals surface area contributed by atoms with Crippen LogP contribution in [0.2, 0.25) is 0 Å². The van der Waals surface area contributed by atoms with Crippen molar-refractivity contribution in [1.29, 1.82) is 0 Å². The first-order valence-corrected chi connectivity index (χ1v) is 10.6. The van der Waals surface area contributed by atoms with Crippen molar-refractivity contribution in [2.24, 2.45) is 0 Å². The minimum atomic E-state index is -0.174. The summed E-state index contributed by atoms with van der Waals surface area (Å²) in [5, 5.41) is 6.15. The number of thiazole rings is 1. The van der Waals surface area contributed by atoms with Gasteiger partial charge in [0.25, 0.3) is 0 Å². The molecule has 0 atom stereocenters. The van der Waals surface area contributed by atoms with Crippen LogP contribution in [-0.4, -0.2) is 40.7 Å². The average molecular weight is 403 g/mol. The van der Waals surface area contributed by atoms with Gasteiger partial charge in [0.15, 0.2) is 5.13 Å². The number of hydrogen-bond acceptors (Lipinski definition) is 5. The number of rotatable bonds is 6. The van der Waals surface area contributed by atoms with Crippen LogP contribution in [0.3, 0.4) is 0 Å². The molecule has 1 aliphatic rings. The van der Waals surface area contributed by atoms with Crippen molar-refractivity contribution < 1.29 is 14.4 Å². The molecule has 150 valence electrons. The lowest BCUT2D eigenvalue weighted by Gasteiger charge is -2.20. The summed E-state index contributed by atoms with van der Waals surface area (Å²) in [7, 11) is 0. The maximum atomic E-state index is 12.3. The zero-order valence-corrected chi connectivity index (χ0v) is 16.9. The monoisotopic (exact) mass is 402 g/mol. The predicted molar refractivity (Wildman–Crippen MR) is 111 cm³/mol. The molecule has 2 N–H and O–H groups in total. The molecule has 8 heteroatoms. The van der Waals surface area contributed by atoms with Crippen molar-refractivity contribution in [2.45, 2.75) is 51.9 Å². The van der Waals surface area contributed by atoms with Crippen molar-refractivity contribution in [3.05, 3.63) is 18.2 Å². The predicted octanol–water partition coefficient (Wildman–Crippen LogP) is 3.77. The average Bonchev–Trinajstić information content (AvgIpc) is 2.89. The van der Waals surface area contributed by atoms with Gasteiger partial charge < -0.3 is 15.5 Å². The van der Waals surface area contributed by atoms with Gasteiger partial charge in [-0.3, -0.25) is 14.4 Å². The lowest BCUT2D eigenvalue weighted by Crippen LogP contribution is -2.32. The third-order valence-electron chi connectivity index (χ3n) is 4.76. The number of fused-ring (bicyclic) bond motifs is 1. The number of aromatic nitrogens is 1. The second-order valence-electron chi connectivity index (χ2n) is 6.95. The zero-order chi connectivity index (χ0) is 19.9. The Kier molecular flexibility index (Phi) is 6.97. The summed E-state index contributed by atoms with van der Waals surface area (Å²) in [5.74, 6) is -0.195. The van der Waals surface area contributed by atoms with E-state index in [-0.39, 0.29) is 30.6 Å². The number of amides is 3. The van der Waals surface area contributed by atoms with Gasteiger partial charge in [0.2, 0.25) is 17.7 Å². The number of nitrogens with zero attached hydrogens (tertiary/aromatic N) is 2. The maximum Gasteiger partial charge on any atom is 0.225 e. The highest BCUT2D eigenvalue weighted by Gasteiger charge is 2.16. The molecule has 1 aromatic carbocycles. The molecule has 7 nitrogen and oxygen atoms in total. The first-order chi connectivity index (χ1) is 13.5. The van der Waals surface area contributed by atoms with Crippen LogP contribution in [0, 0.1) is 0 Å². The minimum Gasteiger partial charge on any atom is -0.343 e. The lowest BCUT2D eigenvalue weighted by molar-refractivity contribution is -0.132. The van der Waals surface area contributed by atoms with E-state index in [1.165, 1.54) is 24.2 Å². The Morgan fingerprint density at radius 3 is 2.50 bits per heavy atom. The van der Waals surface area contributed by atoms with E-state index in [4.69, 9.17) is 0 Å². The van der Waals surface area contributed by atoms with E-state index in [0.29, 0.717) is 17.2 Å². The van der Waals surface area contributed by atoms with Gasteiger partial charge in [-0.2, -0.15) is 0 Å². The Labute approximate surface area is 168 Å². The van der Waals surface area contributed by atoms with Gasteiger partial charge in [-0.15, -0.1) is 0 Å². The largest absolute Gasteiger partial charge is 0.343 e. The van der Waals surface area contributed by atoms with Gasteiger partial charge in [0, 0.05) is 38.0 Å². The molecule has 1 aromatic heterocycles. The van der Waals surface area contributed by atoms with Crippen molar-refractivity contribution >= 4 is 50.1 Å². The van der Waals surface area contributed by atoms with Crippen LogP contribution in [0.1, 0.15) is 51.9 Å². The van der Waals surface area contributed by atoms with Gasteiger partial charge >= 0.3 is 0 Å². The third kappa shape index (κ3) is 5.51. The van der Waals surface area contributed by atoms with Gasteiger partial charge in [-0.25, -0.2) is 4.98 Å². The molecule has 1 saturated heterocycles. The van der Waals surface area contributed by atoms with E-state index in [1.54, 1.807) is 13.0 Å². The summed E-state index contributed by atoms with van der Waals surface area (Å²) in [6, 6.07) is 5.43. The Bertz CT molecular complexity index is 856. The van der Waals surface area contributed by atoms with Crippen molar-refractivity contribution in [3.63, 3.8) is 0 Å². The third-order valence-corrected chi connectivity index (χ3v) is 5.70. The first kappa shape index (κ1) is 20.3. The Morgan fingerprint density at radius 1 is 1.04 bits per heavy atom. The molecule has 0 spiro atoms. The molecule has 3 rings (SSSR count). The number of carbonyl (C=O) groups is 3. The Balaban J connectivity index is 1.53. The Hall–Kier alpha value is -2.48. The summed E-state index contributed by atoms with van der Waals surface area (Å²) >= 11 is 1.37. The highest BCUT2D eigenvalue weighted by atomic mass is 32.1. The van der Waals surface area contributed by atoms with Crippen LogP contribution in [0.4, 0.5) is 10.8 Å². The number of carbonyl (C=O) groups excluding carboxylic acids is 3. The molecular formula is C20H26N4O3S. The normalized spacial score (nSPS) is 14.5. The van der Waals surface area contributed by atoms with Crippen LogP contribution < -0.4 is 10.6 Å². The van der Waals surface area contributed by atoms with E-state index < -0.39 is 0 Å². The number of benzene rings is 1. The van der Waals surface area contributed by atoms with Crippen molar-refractivity contribution in [2.75, 3.05) is 23.7 Å². The van der Waals surface area contributed by atoms with Crippen LogP contribution in [0.25, 0.3) is 10.2 Å². The fourth-order valence-electron chi connectivity index (χ4n) is 3.19. The second kappa shape index (κ2) is 9.64. The molecular weight excluding hydrogens is 376 g/mol. The van der Waals surface area contributed by atoms with E-state index in [2.05, 4.69) is 15.6 Å². The topological polar surface area (TPSA) is 91.4 Å². The highest BCUT2D eigenvalue weighted by molar-refractivity contribution is 7.22. The fraction of sp³-hybridized carbons (Fsp3) is 0.500. The summed E-state index contributed by atoms with van der Waals surface area (Å²) in [4.78, 5) is 42.3. The molecule has 2 aromatic rings. The van der Waals surface area contributed by atoms with Crippen molar-refractivity contribution in [1.82, 2.24) is 9.88 Å². The van der Waals surface area contributed by atoms with Crippen LogP contribution in [0.15, 0.2) is 18.2 Å². The molecule has 3 amide bonds. The molecule has 2 heterocycles. The molecule has 1 fully saturated rings. The van der Waals surface area contributed by atoms with Gasteiger partial charge in [0.1, 0.15) is 0 Å². The molecule has 0 radical (unpaired) electrons.